The maximum absolute atomic E-state index is 4.87. The minimum atomic E-state index is 0.578. The number of benzene rings is 2. The molecule has 0 fully saturated rings. The standard InChI is InChI=1S/C25H23N5/c1-2-9-19(10-3-1)22-17-24(30-16-8-12-20-11-4-5-14-23(20)30)29-25(28-22)27-18-21-13-6-7-15-26-21/h1-7,9-11,13-15,17H,8,12,16,18H2,(H,27,28,29). The lowest BCUT2D eigenvalue weighted by molar-refractivity contribution is 0.758. The Morgan fingerprint density at radius 1 is 0.867 bits per heavy atom. The molecule has 0 radical (unpaired) electrons. The number of hydrogen-bond donors (Lipinski definition) is 1. The Kier molecular flexibility index (Phi) is 5.08. The average molecular weight is 393 g/mol. The van der Waals surface area contributed by atoms with Gasteiger partial charge in [-0.1, -0.05) is 54.6 Å². The van der Waals surface area contributed by atoms with Crippen LogP contribution in [0, 0.1) is 0 Å². The fourth-order valence-corrected chi connectivity index (χ4v) is 3.85. The normalized spacial score (nSPS) is 13.0. The van der Waals surface area contributed by atoms with E-state index >= 15 is 0 Å². The van der Waals surface area contributed by atoms with Gasteiger partial charge >= 0.3 is 0 Å². The fraction of sp³-hybridized carbons (Fsp3) is 0.160. The number of nitrogens with zero attached hydrogens (tertiary/aromatic N) is 4. The van der Waals surface area contributed by atoms with Crippen molar-refractivity contribution in [3.63, 3.8) is 0 Å². The molecule has 2 aromatic heterocycles. The van der Waals surface area contributed by atoms with Crippen molar-refractivity contribution in [3.8, 4) is 11.3 Å². The lowest BCUT2D eigenvalue weighted by Crippen LogP contribution is -2.25. The molecule has 30 heavy (non-hydrogen) atoms. The third-order valence-electron chi connectivity index (χ3n) is 5.32. The number of nitrogens with one attached hydrogen (secondary N) is 1. The first kappa shape index (κ1) is 18.3. The molecule has 0 saturated heterocycles. The second-order valence-corrected chi connectivity index (χ2v) is 7.36. The molecule has 0 spiro atoms. The Labute approximate surface area is 176 Å². The average Bonchev–Trinajstić information content (AvgIpc) is 2.83. The molecule has 1 aliphatic heterocycles. The highest BCUT2D eigenvalue weighted by Gasteiger charge is 2.20. The zero-order chi connectivity index (χ0) is 20.2. The second kappa shape index (κ2) is 8.33. The van der Waals surface area contributed by atoms with Crippen LogP contribution in [0.15, 0.2) is 85.1 Å². The van der Waals surface area contributed by atoms with Crippen molar-refractivity contribution in [2.24, 2.45) is 0 Å². The molecule has 3 heterocycles. The first-order valence-corrected chi connectivity index (χ1v) is 10.3. The van der Waals surface area contributed by atoms with E-state index in [-0.39, 0.29) is 0 Å². The van der Waals surface area contributed by atoms with Crippen molar-refractivity contribution >= 4 is 17.5 Å². The van der Waals surface area contributed by atoms with Crippen LogP contribution in [0.3, 0.4) is 0 Å². The molecule has 0 bridgehead atoms. The Morgan fingerprint density at radius 2 is 1.70 bits per heavy atom. The molecule has 0 aliphatic carbocycles. The van der Waals surface area contributed by atoms with E-state index in [9.17, 15) is 0 Å². The van der Waals surface area contributed by atoms with Gasteiger partial charge in [0.1, 0.15) is 5.82 Å². The predicted octanol–water partition coefficient (Wildman–Crippen LogP) is 5.24. The van der Waals surface area contributed by atoms with Crippen LogP contribution < -0.4 is 10.2 Å². The number of anilines is 3. The van der Waals surface area contributed by atoms with Crippen molar-refractivity contribution in [1.82, 2.24) is 15.0 Å². The second-order valence-electron chi connectivity index (χ2n) is 7.36. The van der Waals surface area contributed by atoms with Crippen LogP contribution >= 0.6 is 0 Å². The van der Waals surface area contributed by atoms with Gasteiger partial charge in [-0.05, 0) is 36.6 Å². The molecule has 0 atom stereocenters. The number of aryl methyl sites for hydroxylation is 1. The third kappa shape index (κ3) is 3.87. The number of hydrogen-bond acceptors (Lipinski definition) is 5. The van der Waals surface area contributed by atoms with Crippen molar-refractivity contribution in [2.45, 2.75) is 19.4 Å². The van der Waals surface area contributed by atoms with E-state index in [1.54, 1.807) is 6.20 Å². The van der Waals surface area contributed by atoms with Crippen LogP contribution in [0.1, 0.15) is 17.7 Å². The quantitative estimate of drug-likeness (QED) is 0.503. The Bertz CT molecular complexity index is 1130. The Balaban J connectivity index is 1.53. The van der Waals surface area contributed by atoms with Crippen molar-refractivity contribution in [3.05, 3.63) is 96.3 Å². The van der Waals surface area contributed by atoms with E-state index in [1.165, 1.54) is 11.3 Å². The molecule has 5 rings (SSSR count). The number of rotatable bonds is 5. The summed E-state index contributed by atoms with van der Waals surface area (Å²) in [5.74, 6) is 1.53. The molecular weight excluding hydrogens is 370 g/mol. The van der Waals surface area contributed by atoms with Crippen LogP contribution in [-0.4, -0.2) is 21.5 Å². The summed E-state index contributed by atoms with van der Waals surface area (Å²) in [5, 5.41) is 3.36. The fourth-order valence-electron chi connectivity index (χ4n) is 3.85. The minimum Gasteiger partial charge on any atom is -0.348 e. The predicted molar refractivity (Wildman–Crippen MR) is 121 cm³/mol. The van der Waals surface area contributed by atoms with Gasteiger partial charge in [-0.2, -0.15) is 4.98 Å². The third-order valence-corrected chi connectivity index (χ3v) is 5.32. The van der Waals surface area contributed by atoms with E-state index in [0.29, 0.717) is 12.5 Å². The van der Waals surface area contributed by atoms with E-state index in [2.05, 4.69) is 57.7 Å². The number of aromatic nitrogens is 3. The Hall–Kier alpha value is -3.73. The van der Waals surface area contributed by atoms with Gasteiger partial charge in [0.15, 0.2) is 0 Å². The molecule has 1 aliphatic rings. The summed E-state index contributed by atoms with van der Waals surface area (Å²) in [6, 6.07) is 26.8. The summed E-state index contributed by atoms with van der Waals surface area (Å²) >= 11 is 0. The van der Waals surface area contributed by atoms with Gasteiger partial charge < -0.3 is 10.2 Å². The van der Waals surface area contributed by atoms with Gasteiger partial charge in [0, 0.05) is 30.1 Å². The van der Waals surface area contributed by atoms with Gasteiger partial charge in [0.2, 0.25) is 5.95 Å². The number of fused-ring (bicyclic) bond motifs is 1. The number of pyridine rings is 1. The topological polar surface area (TPSA) is 53.9 Å². The van der Waals surface area contributed by atoms with Gasteiger partial charge in [0.05, 0.1) is 17.9 Å². The van der Waals surface area contributed by atoms with E-state index in [4.69, 9.17) is 9.97 Å². The summed E-state index contributed by atoms with van der Waals surface area (Å²) < 4.78 is 0. The molecule has 0 amide bonds. The first-order valence-electron chi connectivity index (χ1n) is 10.3. The minimum absolute atomic E-state index is 0.578. The molecule has 0 saturated carbocycles. The highest BCUT2D eigenvalue weighted by molar-refractivity contribution is 5.71. The van der Waals surface area contributed by atoms with Crippen LogP contribution in [-0.2, 0) is 13.0 Å². The largest absolute Gasteiger partial charge is 0.348 e. The van der Waals surface area contributed by atoms with E-state index in [0.717, 1.165) is 42.2 Å². The summed E-state index contributed by atoms with van der Waals surface area (Å²) in [7, 11) is 0. The molecule has 0 unspecified atom stereocenters. The van der Waals surface area contributed by atoms with E-state index in [1.807, 2.05) is 36.4 Å². The summed E-state index contributed by atoms with van der Waals surface area (Å²) in [4.78, 5) is 16.4. The monoisotopic (exact) mass is 393 g/mol. The van der Waals surface area contributed by atoms with Gasteiger partial charge in [-0.25, -0.2) is 4.98 Å². The van der Waals surface area contributed by atoms with Crippen molar-refractivity contribution in [2.75, 3.05) is 16.8 Å². The smallest absolute Gasteiger partial charge is 0.225 e. The zero-order valence-corrected chi connectivity index (χ0v) is 16.7. The molecule has 4 aromatic rings. The van der Waals surface area contributed by atoms with Crippen LogP contribution in [0.2, 0.25) is 0 Å². The lowest BCUT2D eigenvalue weighted by atomic mass is 10.0. The summed E-state index contributed by atoms with van der Waals surface area (Å²) in [6.07, 6.45) is 4.01. The molecule has 5 nitrogen and oxygen atoms in total. The van der Waals surface area contributed by atoms with Gasteiger partial charge in [-0.3, -0.25) is 4.98 Å². The molecule has 5 heteroatoms. The SMILES string of the molecule is c1ccc(-c2cc(N3CCCc4ccccc43)nc(NCc3ccccn3)n2)cc1. The maximum atomic E-state index is 4.87. The van der Waals surface area contributed by atoms with Gasteiger partial charge in [0.25, 0.3) is 0 Å². The lowest BCUT2D eigenvalue weighted by Gasteiger charge is -2.30. The van der Waals surface area contributed by atoms with Crippen molar-refractivity contribution < 1.29 is 0 Å². The van der Waals surface area contributed by atoms with Crippen LogP contribution in [0.4, 0.5) is 17.5 Å². The van der Waals surface area contributed by atoms with Gasteiger partial charge in [-0.15, -0.1) is 0 Å². The maximum Gasteiger partial charge on any atom is 0.225 e. The molecule has 2 aromatic carbocycles. The zero-order valence-electron chi connectivity index (χ0n) is 16.7. The van der Waals surface area contributed by atoms with E-state index < -0.39 is 0 Å². The molecule has 148 valence electrons. The summed E-state index contributed by atoms with van der Waals surface area (Å²) in [5.41, 5.74) is 5.54. The Morgan fingerprint density at radius 3 is 2.57 bits per heavy atom. The highest BCUT2D eigenvalue weighted by Crippen LogP contribution is 2.34. The first-order chi connectivity index (χ1) is 14.9. The van der Waals surface area contributed by atoms with Crippen molar-refractivity contribution in [1.29, 1.82) is 0 Å². The molecule has 1 N–H and O–H groups in total. The van der Waals surface area contributed by atoms with Crippen LogP contribution in [0.5, 0.6) is 0 Å². The highest BCUT2D eigenvalue weighted by atomic mass is 15.2. The molecular formula is C25H23N5. The number of para-hydroxylation sites is 1. The summed E-state index contributed by atoms with van der Waals surface area (Å²) in [6.45, 7) is 1.52. The van der Waals surface area contributed by atoms with Crippen LogP contribution in [0.25, 0.3) is 11.3 Å².